The molecule has 0 saturated carbocycles. The Balaban J connectivity index is 1.93. The van der Waals surface area contributed by atoms with E-state index in [1.54, 1.807) is 12.3 Å². The molecule has 2 N–H and O–H groups in total. The van der Waals surface area contributed by atoms with Gasteiger partial charge >= 0.3 is 0 Å². The van der Waals surface area contributed by atoms with Crippen molar-refractivity contribution in [1.82, 2.24) is 10.3 Å². The zero-order chi connectivity index (χ0) is 14.4. The van der Waals surface area contributed by atoms with Crippen molar-refractivity contribution in [2.45, 2.75) is 19.9 Å². The van der Waals surface area contributed by atoms with Gasteiger partial charge in [0.2, 0.25) is 0 Å². The number of hydrogen-bond acceptors (Lipinski definition) is 3. The van der Waals surface area contributed by atoms with E-state index in [9.17, 15) is 4.79 Å². The number of benzene rings is 1. The second-order valence-corrected chi connectivity index (χ2v) is 4.53. The predicted molar refractivity (Wildman–Crippen MR) is 80.8 cm³/mol. The molecule has 0 bridgehead atoms. The Morgan fingerprint density at radius 3 is 2.35 bits per heavy atom. The number of rotatable bonds is 5. The van der Waals surface area contributed by atoms with Gasteiger partial charge in [0.15, 0.2) is 0 Å². The molecule has 0 spiro atoms. The smallest absolute Gasteiger partial charge is 0.270 e. The normalized spacial score (nSPS) is 10.1. The highest BCUT2D eigenvalue weighted by atomic mass is 16.1. The fraction of sp³-hybridized carbons (Fsp3) is 0.250. The zero-order valence-electron chi connectivity index (χ0n) is 11.8. The van der Waals surface area contributed by atoms with Crippen molar-refractivity contribution >= 4 is 11.6 Å². The molecule has 0 saturated heterocycles. The highest BCUT2D eigenvalue weighted by molar-refractivity contribution is 5.92. The Hall–Kier alpha value is -2.36. The SMILES string of the molecule is CCc1ccc(CNC(=O)c2ccc(NC)cn2)cc1. The van der Waals surface area contributed by atoms with Crippen LogP contribution in [0.1, 0.15) is 28.5 Å². The average Bonchev–Trinajstić information content (AvgIpc) is 2.53. The molecule has 1 amide bonds. The molecule has 104 valence electrons. The summed E-state index contributed by atoms with van der Waals surface area (Å²) >= 11 is 0. The standard InChI is InChI=1S/C16H19N3O/c1-3-12-4-6-13(7-5-12)10-19-16(20)15-9-8-14(17-2)11-18-15/h4-9,11,17H,3,10H2,1-2H3,(H,19,20). The van der Waals surface area contributed by atoms with Gasteiger partial charge in [-0.2, -0.15) is 0 Å². The van der Waals surface area contributed by atoms with Crippen LogP contribution in [0.3, 0.4) is 0 Å². The van der Waals surface area contributed by atoms with Crippen LogP contribution in [0.4, 0.5) is 5.69 Å². The summed E-state index contributed by atoms with van der Waals surface area (Å²) in [5.74, 6) is -0.160. The van der Waals surface area contributed by atoms with Crippen molar-refractivity contribution in [2.75, 3.05) is 12.4 Å². The molecule has 1 aromatic carbocycles. The summed E-state index contributed by atoms with van der Waals surface area (Å²) in [6.07, 6.45) is 2.67. The lowest BCUT2D eigenvalue weighted by Gasteiger charge is -2.06. The number of hydrogen-bond donors (Lipinski definition) is 2. The summed E-state index contributed by atoms with van der Waals surface area (Å²) in [6.45, 7) is 2.63. The lowest BCUT2D eigenvalue weighted by Crippen LogP contribution is -2.23. The highest BCUT2D eigenvalue weighted by Crippen LogP contribution is 2.07. The van der Waals surface area contributed by atoms with Gasteiger partial charge in [0.05, 0.1) is 11.9 Å². The monoisotopic (exact) mass is 269 g/mol. The maximum atomic E-state index is 11.9. The fourth-order valence-corrected chi connectivity index (χ4v) is 1.84. The highest BCUT2D eigenvalue weighted by Gasteiger charge is 2.06. The number of amides is 1. The Morgan fingerprint density at radius 1 is 1.10 bits per heavy atom. The van der Waals surface area contributed by atoms with Crippen LogP contribution in [0.5, 0.6) is 0 Å². The molecule has 2 rings (SSSR count). The molecule has 4 nitrogen and oxygen atoms in total. The first kappa shape index (κ1) is 14.1. The van der Waals surface area contributed by atoms with Gasteiger partial charge in [-0.15, -0.1) is 0 Å². The number of aryl methyl sites for hydroxylation is 1. The molecule has 2 aromatic rings. The van der Waals surface area contributed by atoms with Crippen molar-refractivity contribution in [3.63, 3.8) is 0 Å². The molecule has 1 aromatic heterocycles. The molecule has 0 aliphatic rings. The number of carbonyl (C=O) groups is 1. The molecule has 0 atom stereocenters. The quantitative estimate of drug-likeness (QED) is 0.877. The van der Waals surface area contributed by atoms with E-state index < -0.39 is 0 Å². The van der Waals surface area contributed by atoms with Gasteiger partial charge in [-0.05, 0) is 29.7 Å². The van der Waals surface area contributed by atoms with Crippen molar-refractivity contribution in [3.8, 4) is 0 Å². The number of carbonyl (C=O) groups excluding carboxylic acids is 1. The van der Waals surface area contributed by atoms with Gasteiger partial charge in [0.1, 0.15) is 5.69 Å². The van der Waals surface area contributed by atoms with Crippen molar-refractivity contribution in [1.29, 1.82) is 0 Å². The summed E-state index contributed by atoms with van der Waals surface area (Å²) in [5, 5.41) is 5.84. The maximum absolute atomic E-state index is 11.9. The second-order valence-electron chi connectivity index (χ2n) is 4.53. The van der Waals surface area contributed by atoms with E-state index in [0.29, 0.717) is 12.2 Å². The van der Waals surface area contributed by atoms with Crippen LogP contribution >= 0.6 is 0 Å². The van der Waals surface area contributed by atoms with E-state index in [1.165, 1.54) is 5.56 Å². The topological polar surface area (TPSA) is 54.0 Å². The molecule has 0 radical (unpaired) electrons. The lowest BCUT2D eigenvalue weighted by molar-refractivity contribution is 0.0946. The molecule has 4 heteroatoms. The van der Waals surface area contributed by atoms with Gasteiger partial charge in [0, 0.05) is 13.6 Å². The largest absolute Gasteiger partial charge is 0.387 e. The summed E-state index contributed by atoms with van der Waals surface area (Å²) in [5.41, 5.74) is 3.69. The fourth-order valence-electron chi connectivity index (χ4n) is 1.84. The van der Waals surface area contributed by atoms with E-state index in [-0.39, 0.29) is 5.91 Å². The zero-order valence-corrected chi connectivity index (χ0v) is 11.8. The van der Waals surface area contributed by atoms with Gasteiger partial charge in [-0.1, -0.05) is 31.2 Å². The van der Waals surface area contributed by atoms with E-state index in [1.807, 2.05) is 25.2 Å². The molecule has 0 aliphatic carbocycles. The Kier molecular flexibility index (Phi) is 4.71. The van der Waals surface area contributed by atoms with Crippen LogP contribution in [-0.4, -0.2) is 17.9 Å². The average molecular weight is 269 g/mol. The van der Waals surface area contributed by atoms with Gasteiger partial charge in [-0.25, -0.2) is 4.98 Å². The maximum Gasteiger partial charge on any atom is 0.270 e. The van der Waals surface area contributed by atoms with Crippen LogP contribution in [0.15, 0.2) is 42.6 Å². The summed E-state index contributed by atoms with van der Waals surface area (Å²) in [4.78, 5) is 16.1. The molecule has 0 aliphatic heterocycles. The van der Waals surface area contributed by atoms with Crippen LogP contribution in [-0.2, 0) is 13.0 Å². The molecule has 0 fully saturated rings. The number of anilines is 1. The van der Waals surface area contributed by atoms with Crippen LogP contribution in [0.25, 0.3) is 0 Å². The first-order valence-corrected chi connectivity index (χ1v) is 6.72. The molecule has 20 heavy (non-hydrogen) atoms. The minimum absolute atomic E-state index is 0.160. The van der Waals surface area contributed by atoms with Crippen molar-refractivity contribution in [3.05, 3.63) is 59.4 Å². The van der Waals surface area contributed by atoms with Gasteiger partial charge in [-0.3, -0.25) is 4.79 Å². The van der Waals surface area contributed by atoms with E-state index in [4.69, 9.17) is 0 Å². The van der Waals surface area contributed by atoms with Crippen molar-refractivity contribution < 1.29 is 4.79 Å². The number of nitrogens with zero attached hydrogens (tertiary/aromatic N) is 1. The third-order valence-corrected chi connectivity index (χ3v) is 3.17. The molecular weight excluding hydrogens is 250 g/mol. The summed E-state index contributed by atoms with van der Waals surface area (Å²) < 4.78 is 0. The summed E-state index contributed by atoms with van der Waals surface area (Å²) in [6, 6.07) is 11.8. The Bertz CT molecular complexity index is 561. The van der Waals surface area contributed by atoms with E-state index in [2.05, 4.69) is 34.7 Å². The van der Waals surface area contributed by atoms with Gasteiger partial charge in [0.25, 0.3) is 5.91 Å². The van der Waals surface area contributed by atoms with E-state index >= 15 is 0 Å². The minimum Gasteiger partial charge on any atom is -0.387 e. The second kappa shape index (κ2) is 6.70. The van der Waals surface area contributed by atoms with Crippen LogP contribution in [0.2, 0.25) is 0 Å². The third kappa shape index (κ3) is 3.57. The number of nitrogens with one attached hydrogen (secondary N) is 2. The third-order valence-electron chi connectivity index (χ3n) is 3.17. The molecule has 1 heterocycles. The molecular formula is C16H19N3O. The predicted octanol–water partition coefficient (Wildman–Crippen LogP) is 2.62. The first-order valence-electron chi connectivity index (χ1n) is 6.72. The molecule has 0 unspecified atom stereocenters. The summed E-state index contributed by atoms with van der Waals surface area (Å²) in [7, 11) is 1.82. The van der Waals surface area contributed by atoms with Crippen LogP contribution < -0.4 is 10.6 Å². The van der Waals surface area contributed by atoms with Gasteiger partial charge < -0.3 is 10.6 Å². The van der Waals surface area contributed by atoms with Crippen molar-refractivity contribution in [2.24, 2.45) is 0 Å². The lowest BCUT2D eigenvalue weighted by atomic mass is 10.1. The first-order chi connectivity index (χ1) is 9.72. The minimum atomic E-state index is -0.160. The Labute approximate surface area is 119 Å². The Morgan fingerprint density at radius 2 is 1.80 bits per heavy atom. The van der Waals surface area contributed by atoms with E-state index in [0.717, 1.165) is 17.7 Å². The van der Waals surface area contributed by atoms with Crippen LogP contribution in [0, 0.1) is 0 Å². The number of pyridine rings is 1. The number of aromatic nitrogens is 1.